The molecule has 2 rings (SSSR count). The van der Waals surface area contributed by atoms with Gasteiger partial charge in [-0.15, -0.1) is 11.3 Å². The number of hydrogen-bond acceptors (Lipinski definition) is 4. The molecular weight excluding hydrogens is 226 g/mol. The lowest BCUT2D eigenvalue weighted by atomic mass is 10.1. The second-order valence-corrected chi connectivity index (χ2v) is 4.04. The molecule has 5 heteroatoms. The van der Waals surface area contributed by atoms with Gasteiger partial charge in [-0.3, -0.25) is 10.1 Å². The first-order chi connectivity index (χ1) is 7.72. The van der Waals surface area contributed by atoms with Crippen LogP contribution in [0.5, 0.6) is 5.75 Å². The molecule has 0 atom stereocenters. The molecule has 0 aliphatic heterocycles. The maximum Gasteiger partial charge on any atom is 0.287 e. The molecule has 2 aromatic rings. The monoisotopic (exact) mass is 235 g/mol. The summed E-state index contributed by atoms with van der Waals surface area (Å²) < 4.78 is 5.03. The molecule has 0 aliphatic carbocycles. The Morgan fingerprint density at radius 1 is 1.25 bits per heavy atom. The van der Waals surface area contributed by atoms with Gasteiger partial charge in [0.25, 0.3) is 5.69 Å². The van der Waals surface area contributed by atoms with Crippen molar-refractivity contribution in [2.75, 3.05) is 7.11 Å². The summed E-state index contributed by atoms with van der Waals surface area (Å²) in [5.41, 5.74) is 0.984. The molecule has 0 N–H and O–H groups in total. The van der Waals surface area contributed by atoms with E-state index in [0.29, 0.717) is 4.88 Å². The molecule has 0 fully saturated rings. The van der Waals surface area contributed by atoms with Gasteiger partial charge in [0.05, 0.1) is 12.0 Å². The molecule has 4 nitrogen and oxygen atoms in total. The van der Waals surface area contributed by atoms with Crippen LogP contribution in [-0.4, -0.2) is 12.0 Å². The van der Waals surface area contributed by atoms with Crippen molar-refractivity contribution in [3.63, 3.8) is 0 Å². The van der Waals surface area contributed by atoms with Crippen LogP contribution in [0, 0.1) is 10.1 Å². The van der Waals surface area contributed by atoms with E-state index >= 15 is 0 Å². The first kappa shape index (κ1) is 10.6. The van der Waals surface area contributed by atoms with Crippen LogP contribution in [0.4, 0.5) is 5.69 Å². The molecule has 0 unspecified atom stereocenters. The summed E-state index contributed by atoms with van der Waals surface area (Å²) in [6.07, 6.45) is 0. The van der Waals surface area contributed by atoms with E-state index in [1.807, 2.05) is 12.1 Å². The lowest BCUT2D eigenvalue weighted by molar-refractivity contribution is -0.383. The van der Waals surface area contributed by atoms with Crippen molar-refractivity contribution in [3.8, 4) is 16.2 Å². The summed E-state index contributed by atoms with van der Waals surface area (Å²) in [7, 11) is 1.59. The van der Waals surface area contributed by atoms with Crippen molar-refractivity contribution in [2.45, 2.75) is 0 Å². The Kier molecular flexibility index (Phi) is 2.87. The van der Waals surface area contributed by atoms with Gasteiger partial charge in [0.1, 0.15) is 10.6 Å². The standard InChI is InChI=1S/C11H9NO3S/c1-15-9-4-2-8(3-5-9)11-10(12(13)14)6-7-16-11/h2-7H,1H3. The highest BCUT2D eigenvalue weighted by Gasteiger charge is 2.16. The fourth-order valence-electron chi connectivity index (χ4n) is 1.40. The number of hydrogen-bond donors (Lipinski definition) is 0. The van der Waals surface area contributed by atoms with Gasteiger partial charge in [-0.1, -0.05) is 0 Å². The van der Waals surface area contributed by atoms with Crippen LogP contribution in [0.1, 0.15) is 0 Å². The number of benzene rings is 1. The Balaban J connectivity index is 2.42. The van der Waals surface area contributed by atoms with Gasteiger partial charge in [-0.2, -0.15) is 0 Å². The highest BCUT2D eigenvalue weighted by Crippen LogP contribution is 2.35. The fourth-order valence-corrected chi connectivity index (χ4v) is 2.27. The average molecular weight is 235 g/mol. The van der Waals surface area contributed by atoms with Crippen molar-refractivity contribution in [2.24, 2.45) is 0 Å². The summed E-state index contributed by atoms with van der Waals surface area (Å²) in [5, 5.41) is 12.5. The van der Waals surface area contributed by atoms with E-state index in [4.69, 9.17) is 4.74 Å². The van der Waals surface area contributed by atoms with E-state index in [0.717, 1.165) is 11.3 Å². The minimum atomic E-state index is -0.365. The molecular formula is C11H9NO3S. The predicted molar refractivity (Wildman–Crippen MR) is 63.0 cm³/mol. The van der Waals surface area contributed by atoms with E-state index in [1.165, 1.54) is 17.4 Å². The summed E-state index contributed by atoms with van der Waals surface area (Å²) in [6, 6.07) is 8.73. The third-order valence-corrected chi connectivity index (χ3v) is 3.15. The number of ether oxygens (including phenoxy) is 1. The molecule has 1 aromatic carbocycles. The predicted octanol–water partition coefficient (Wildman–Crippen LogP) is 3.33. The summed E-state index contributed by atoms with van der Waals surface area (Å²) in [4.78, 5) is 11.1. The Labute approximate surface area is 96.3 Å². The number of thiophene rings is 1. The van der Waals surface area contributed by atoms with E-state index in [1.54, 1.807) is 24.6 Å². The van der Waals surface area contributed by atoms with Crippen molar-refractivity contribution in [1.82, 2.24) is 0 Å². The topological polar surface area (TPSA) is 52.4 Å². The summed E-state index contributed by atoms with van der Waals surface area (Å²) in [5.74, 6) is 0.739. The van der Waals surface area contributed by atoms with E-state index in [-0.39, 0.29) is 10.6 Å². The first-order valence-corrected chi connectivity index (χ1v) is 5.46. The first-order valence-electron chi connectivity index (χ1n) is 4.58. The van der Waals surface area contributed by atoms with Gasteiger partial charge in [-0.05, 0) is 35.2 Å². The smallest absolute Gasteiger partial charge is 0.287 e. The Hall–Kier alpha value is -1.88. The number of rotatable bonds is 3. The fraction of sp³-hybridized carbons (Fsp3) is 0.0909. The normalized spacial score (nSPS) is 10.1. The third-order valence-electron chi connectivity index (χ3n) is 2.19. The highest BCUT2D eigenvalue weighted by atomic mass is 32.1. The van der Waals surface area contributed by atoms with Gasteiger partial charge in [0.2, 0.25) is 0 Å². The Morgan fingerprint density at radius 2 is 1.94 bits per heavy atom. The van der Waals surface area contributed by atoms with Crippen molar-refractivity contribution >= 4 is 17.0 Å². The van der Waals surface area contributed by atoms with E-state index in [9.17, 15) is 10.1 Å². The van der Waals surface area contributed by atoms with Gasteiger partial charge in [0.15, 0.2) is 0 Å². The molecule has 1 heterocycles. The van der Waals surface area contributed by atoms with Gasteiger partial charge >= 0.3 is 0 Å². The summed E-state index contributed by atoms with van der Waals surface area (Å²) in [6.45, 7) is 0. The van der Waals surface area contributed by atoms with E-state index in [2.05, 4.69) is 0 Å². The van der Waals surface area contributed by atoms with Gasteiger partial charge in [-0.25, -0.2) is 0 Å². The molecule has 1 aromatic heterocycles. The van der Waals surface area contributed by atoms with E-state index < -0.39 is 0 Å². The van der Waals surface area contributed by atoms with Crippen molar-refractivity contribution < 1.29 is 9.66 Å². The van der Waals surface area contributed by atoms with Crippen LogP contribution in [0.15, 0.2) is 35.7 Å². The van der Waals surface area contributed by atoms with Crippen LogP contribution < -0.4 is 4.74 Å². The Bertz CT molecular complexity index is 504. The highest BCUT2D eigenvalue weighted by molar-refractivity contribution is 7.14. The lowest BCUT2D eigenvalue weighted by Crippen LogP contribution is -1.87. The molecule has 0 bridgehead atoms. The third kappa shape index (κ3) is 1.90. The van der Waals surface area contributed by atoms with Crippen molar-refractivity contribution in [1.29, 1.82) is 0 Å². The minimum Gasteiger partial charge on any atom is -0.497 e. The Morgan fingerprint density at radius 3 is 2.50 bits per heavy atom. The van der Waals surface area contributed by atoms with Crippen molar-refractivity contribution in [3.05, 3.63) is 45.8 Å². The van der Waals surface area contributed by atoms with Crippen LogP contribution in [0.2, 0.25) is 0 Å². The molecule has 82 valence electrons. The SMILES string of the molecule is COc1ccc(-c2sccc2[N+](=O)[O-])cc1. The molecule has 0 amide bonds. The second-order valence-electron chi connectivity index (χ2n) is 3.12. The number of methoxy groups -OCH3 is 1. The van der Waals surface area contributed by atoms with Crippen LogP contribution in [0.3, 0.4) is 0 Å². The van der Waals surface area contributed by atoms with Crippen LogP contribution in [-0.2, 0) is 0 Å². The van der Waals surface area contributed by atoms with Gasteiger partial charge < -0.3 is 4.74 Å². The summed E-state index contributed by atoms with van der Waals surface area (Å²) >= 11 is 1.36. The number of nitro groups is 1. The largest absolute Gasteiger partial charge is 0.497 e. The maximum atomic E-state index is 10.8. The average Bonchev–Trinajstić information content (AvgIpc) is 2.78. The molecule has 0 radical (unpaired) electrons. The van der Waals surface area contributed by atoms with Crippen LogP contribution >= 0.6 is 11.3 Å². The zero-order valence-electron chi connectivity index (χ0n) is 8.54. The zero-order valence-corrected chi connectivity index (χ0v) is 9.36. The quantitative estimate of drug-likeness (QED) is 0.605. The molecule has 0 saturated carbocycles. The van der Waals surface area contributed by atoms with Crippen LogP contribution in [0.25, 0.3) is 10.4 Å². The number of nitrogens with zero attached hydrogens (tertiary/aromatic N) is 1. The molecule has 0 aliphatic rings. The zero-order chi connectivity index (χ0) is 11.5. The lowest BCUT2D eigenvalue weighted by Gasteiger charge is -2.01. The second kappa shape index (κ2) is 4.32. The molecule has 16 heavy (non-hydrogen) atoms. The molecule has 0 spiro atoms. The maximum absolute atomic E-state index is 10.8. The van der Waals surface area contributed by atoms with Gasteiger partial charge in [0, 0.05) is 6.07 Å². The minimum absolute atomic E-state index is 0.148. The molecule has 0 saturated heterocycles.